The van der Waals surface area contributed by atoms with Crippen molar-refractivity contribution in [2.45, 2.75) is 0 Å². The number of aromatic nitrogens is 2. The third-order valence-corrected chi connectivity index (χ3v) is 3.86. The van der Waals surface area contributed by atoms with Crippen molar-refractivity contribution >= 4 is 34.0 Å². The van der Waals surface area contributed by atoms with E-state index in [1.54, 1.807) is 12.1 Å². The molecular formula is C15H10ClN3OS. The molecule has 1 N–H and O–H groups in total. The monoisotopic (exact) mass is 315 g/mol. The van der Waals surface area contributed by atoms with Crippen molar-refractivity contribution in [1.29, 1.82) is 0 Å². The van der Waals surface area contributed by atoms with Crippen LogP contribution in [0.1, 0.15) is 10.4 Å². The number of benzene rings is 1. The van der Waals surface area contributed by atoms with E-state index in [0.29, 0.717) is 10.7 Å². The molecule has 0 atom stereocenters. The first-order chi connectivity index (χ1) is 10.2. The molecule has 0 aliphatic heterocycles. The molecule has 0 unspecified atom stereocenters. The molecule has 104 valence electrons. The van der Waals surface area contributed by atoms with E-state index >= 15 is 0 Å². The zero-order valence-corrected chi connectivity index (χ0v) is 12.4. The molecule has 0 saturated carbocycles. The van der Waals surface area contributed by atoms with Gasteiger partial charge in [-0.25, -0.2) is 9.97 Å². The second kappa shape index (κ2) is 6.03. The SMILES string of the molecule is O=C(Nc1nc(-c2ccccc2)cs1)c1cccnc1Cl. The van der Waals surface area contributed by atoms with Crippen LogP contribution >= 0.6 is 22.9 Å². The Morgan fingerprint density at radius 1 is 1.14 bits per heavy atom. The van der Waals surface area contributed by atoms with Crippen LogP contribution in [0.2, 0.25) is 5.15 Å². The highest BCUT2D eigenvalue weighted by molar-refractivity contribution is 7.14. The second-order valence-electron chi connectivity index (χ2n) is 4.20. The lowest BCUT2D eigenvalue weighted by Crippen LogP contribution is -2.12. The van der Waals surface area contributed by atoms with Crippen LogP contribution in [-0.2, 0) is 0 Å². The van der Waals surface area contributed by atoms with Crippen molar-refractivity contribution in [2.24, 2.45) is 0 Å². The molecule has 2 aromatic heterocycles. The number of carbonyl (C=O) groups excluding carboxylic acids is 1. The maximum Gasteiger partial charge on any atom is 0.260 e. The van der Waals surface area contributed by atoms with E-state index in [-0.39, 0.29) is 11.1 Å². The summed E-state index contributed by atoms with van der Waals surface area (Å²) >= 11 is 7.26. The van der Waals surface area contributed by atoms with Crippen LogP contribution in [0.3, 0.4) is 0 Å². The summed E-state index contributed by atoms with van der Waals surface area (Å²) in [6.45, 7) is 0. The highest BCUT2D eigenvalue weighted by Gasteiger charge is 2.13. The summed E-state index contributed by atoms with van der Waals surface area (Å²) in [6.07, 6.45) is 1.54. The van der Waals surface area contributed by atoms with Crippen molar-refractivity contribution in [3.8, 4) is 11.3 Å². The molecule has 21 heavy (non-hydrogen) atoms. The highest BCUT2D eigenvalue weighted by Crippen LogP contribution is 2.25. The normalized spacial score (nSPS) is 10.3. The summed E-state index contributed by atoms with van der Waals surface area (Å²) in [5, 5.41) is 5.33. The number of pyridine rings is 1. The molecule has 0 aliphatic rings. The number of nitrogens with one attached hydrogen (secondary N) is 1. The summed E-state index contributed by atoms with van der Waals surface area (Å²) in [7, 11) is 0. The number of thiazole rings is 1. The van der Waals surface area contributed by atoms with Crippen molar-refractivity contribution < 1.29 is 4.79 Å². The van der Waals surface area contributed by atoms with Crippen molar-refractivity contribution in [2.75, 3.05) is 5.32 Å². The quantitative estimate of drug-likeness (QED) is 0.740. The molecule has 2 heterocycles. The molecule has 3 rings (SSSR count). The molecule has 0 aliphatic carbocycles. The minimum atomic E-state index is -0.318. The van der Waals surface area contributed by atoms with Crippen LogP contribution in [0.4, 0.5) is 5.13 Å². The highest BCUT2D eigenvalue weighted by atomic mass is 35.5. The Labute approximate surface area is 130 Å². The van der Waals surface area contributed by atoms with Gasteiger partial charge in [-0.3, -0.25) is 10.1 Å². The predicted molar refractivity (Wildman–Crippen MR) is 84.8 cm³/mol. The molecule has 6 heteroatoms. The van der Waals surface area contributed by atoms with Gasteiger partial charge in [0.2, 0.25) is 0 Å². The van der Waals surface area contributed by atoms with Crippen molar-refractivity contribution in [3.05, 3.63) is 64.8 Å². The van der Waals surface area contributed by atoms with Gasteiger partial charge >= 0.3 is 0 Å². The molecule has 0 bridgehead atoms. The number of halogens is 1. The zero-order chi connectivity index (χ0) is 14.7. The first-order valence-corrected chi connectivity index (χ1v) is 7.42. The molecule has 1 amide bonds. The molecule has 1 aromatic carbocycles. The number of amides is 1. The van der Waals surface area contributed by atoms with Crippen LogP contribution in [-0.4, -0.2) is 15.9 Å². The Kier molecular flexibility index (Phi) is 3.94. The molecule has 3 aromatic rings. The van der Waals surface area contributed by atoms with Gasteiger partial charge in [0.15, 0.2) is 5.13 Å². The van der Waals surface area contributed by atoms with Gasteiger partial charge in [0.25, 0.3) is 5.91 Å². The van der Waals surface area contributed by atoms with Crippen LogP contribution in [0.15, 0.2) is 54.0 Å². The Bertz CT molecular complexity index is 773. The van der Waals surface area contributed by atoms with Gasteiger partial charge < -0.3 is 0 Å². The van der Waals surface area contributed by atoms with E-state index in [1.807, 2.05) is 35.7 Å². The van der Waals surface area contributed by atoms with Crippen LogP contribution < -0.4 is 5.32 Å². The van der Waals surface area contributed by atoms with Gasteiger partial charge in [0.1, 0.15) is 5.15 Å². The Hall–Kier alpha value is -2.24. The summed E-state index contributed by atoms with van der Waals surface area (Å²) in [4.78, 5) is 20.4. The van der Waals surface area contributed by atoms with Crippen LogP contribution in [0.5, 0.6) is 0 Å². The van der Waals surface area contributed by atoms with Gasteiger partial charge in [-0.15, -0.1) is 11.3 Å². The lowest BCUT2D eigenvalue weighted by molar-refractivity contribution is 0.102. The van der Waals surface area contributed by atoms with E-state index in [0.717, 1.165) is 11.3 Å². The summed E-state index contributed by atoms with van der Waals surface area (Å²) in [6, 6.07) is 13.1. The largest absolute Gasteiger partial charge is 0.298 e. The lowest BCUT2D eigenvalue weighted by Gasteiger charge is -2.02. The molecule has 0 radical (unpaired) electrons. The topological polar surface area (TPSA) is 54.9 Å². The molecule has 4 nitrogen and oxygen atoms in total. The first kappa shape index (κ1) is 13.7. The van der Waals surface area contributed by atoms with Gasteiger partial charge in [-0.05, 0) is 12.1 Å². The predicted octanol–water partition coefficient (Wildman–Crippen LogP) is 4.11. The Balaban J connectivity index is 1.79. The third-order valence-electron chi connectivity index (χ3n) is 2.80. The van der Waals surface area contributed by atoms with Crippen molar-refractivity contribution in [1.82, 2.24) is 9.97 Å². The molecule has 0 saturated heterocycles. The number of hydrogen-bond acceptors (Lipinski definition) is 4. The van der Waals surface area contributed by atoms with E-state index in [9.17, 15) is 4.79 Å². The van der Waals surface area contributed by atoms with Gasteiger partial charge in [-0.1, -0.05) is 41.9 Å². The van der Waals surface area contributed by atoms with E-state index in [1.165, 1.54) is 17.5 Å². The fourth-order valence-corrected chi connectivity index (χ4v) is 2.71. The van der Waals surface area contributed by atoms with E-state index in [2.05, 4.69) is 15.3 Å². The van der Waals surface area contributed by atoms with E-state index in [4.69, 9.17) is 11.6 Å². The Morgan fingerprint density at radius 3 is 2.71 bits per heavy atom. The minimum absolute atomic E-state index is 0.176. The van der Waals surface area contributed by atoms with Crippen molar-refractivity contribution in [3.63, 3.8) is 0 Å². The number of nitrogens with zero attached hydrogens (tertiary/aromatic N) is 2. The smallest absolute Gasteiger partial charge is 0.260 e. The van der Waals surface area contributed by atoms with Gasteiger partial charge in [-0.2, -0.15) is 0 Å². The van der Waals surface area contributed by atoms with Crippen LogP contribution in [0.25, 0.3) is 11.3 Å². The molecule has 0 fully saturated rings. The third kappa shape index (κ3) is 3.09. The summed E-state index contributed by atoms with van der Waals surface area (Å²) in [5.41, 5.74) is 2.16. The lowest BCUT2D eigenvalue weighted by atomic mass is 10.2. The van der Waals surface area contributed by atoms with Crippen LogP contribution in [0, 0.1) is 0 Å². The number of hydrogen-bond donors (Lipinski definition) is 1. The number of carbonyl (C=O) groups is 1. The fourth-order valence-electron chi connectivity index (χ4n) is 1.79. The van der Waals surface area contributed by atoms with Gasteiger partial charge in [0.05, 0.1) is 11.3 Å². The average Bonchev–Trinajstić information content (AvgIpc) is 2.97. The summed E-state index contributed by atoms with van der Waals surface area (Å²) in [5.74, 6) is -0.318. The standard InChI is InChI=1S/C15H10ClN3OS/c16-13-11(7-4-8-17-13)14(20)19-15-18-12(9-21-15)10-5-2-1-3-6-10/h1-9H,(H,18,19,20). The summed E-state index contributed by atoms with van der Waals surface area (Å²) < 4.78 is 0. The number of anilines is 1. The zero-order valence-electron chi connectivity index (χ0n) is 10.8. The maximum absolute atomic E-state index is 12.1. The fraction of sp³-hybridized carbons (Fsp3) is 0. The average molecular weight is 316 g/mol. The number of rotatable bonds is 3. The minimum Gasteiger partial charge on any atom is -0.298 e. The molecule has 0 spiro atoms. The first-order valence-electron chi connectivity index (χ1n) is 6.17. The van der Waals surface area contributed by atoms with E-state index < -0.39 is 0 Å². The maximum atomic E-state index is 12.1. The Morgan fingerprint density at radius 2 is 1.95 bits per heavy atom. The van der Waals surface area contributed by atoms with Gasteiger partial charge in [0, 0.05) is 17.1 Å². The second-order valence-corrected chi connectivity index (χ2v) is 5.42. The molecular weight excluding hydrogens is 306 g/mol.